The van der Waals surface area contributed by atoms with Crippen LogP contribution in [-0.2, 0) is 27.7 Å². The molecule has 4 rings (SSSR count). The van der Waals surface area contributed by atoms with E-state index in [2.05, 4.69) is 5.32 Å². The molecule has 1 atom stereocenters. The molecule has 0 radical (unpaired) electrons. The average Bonchev–Trinajstić information content (AvgIpc) is 2.74. The van der Waals surface area contributed by atoms with Crippen molar-refractivity contribution in [3.63, 3.8) is 0 Å². The van der Waals surface area contributed by atoms with Crippen LogP contribution >= 0.6 is 0 Å². The number of hydrogen-bond acceptors (Lipinski definition) is 3. The Morgan fingerprint density at radius 1 is 0.929 bits per heavy atom. The van der Waals surface area contributed by atoms with E-state index in [-0.39, 0.29) is 17.9 Å². The molecule has 1 saturated heterocycles. The van der Waals surface area contributed by atoms with Crippen molar-refractivity contribution in [3.05, 3.63) is 29.3 Å². The zero-order valence-corrected chi connectivity index (χ0v) is 17.5. The van der Waals surface area contributed by atoms with Crippen molar-refractivity contribution >= 4 is 15.9 Å². The molecule has 1 aliphatic heterocycles. The Bertz CT molecular complexity index is 815. The van der Waals surface area contributed by atoms with E-state index in [1.165, 1.54) is 41.1 Å². The van der Waals surface area contributed by atoms with Crippen molar-refractivity contribution in [2.45, 2.75) is 81.6 Å². The number of hydrogen-bond donors (Lipinski definition) is 1. The fraction of sp³-hybridized carbons (Fsp3) is 0.682. The first-order valence-electron chi connectivity index (χ1n) is 11.0. The van der Waals surface area contributed by atoms with Gasteiger partial charge >= 0.3 is 0 Å². The number of rotatable bonds is 4. The lowest BCUT2D eigenvalue weighted by atomic mass is 9.92. The third kappa shape index (κ3) is 4.28. The van der Waals surface area contributed by atoms with Gasteiger partial charge in [0.1, 0.15) is 0 Å². The number of benzene rings is 1. The van der Waals surface area contributed by atoms with Gasteiger partial charge in [-0.05, 0) is 74.6 Å². The highest BCUT2D eigenvalue weighted by molar-refractivity contribution is 7.89. The molecule has 2 aliphatic carbocycles. The van der Waals surface area contributed by atoms with Gasteiger partial charge in [-0.25, -0.2) is 8.42 Å². The minimum absolute atomic E-state index is 0.0391. The standard InChI is InChI=1S/C22H32N2O3S/c25-22(23-20-10-2-1-3-11-20)19-9-6-14-24(16-19)28(26,27)21-13-12-17-7-4-5-8-18(17)15-21/h12-13,15,19-20H,1-11,14,16H2,(H,23,25). The van der Waals surface area contributed by atoms with Crippen molar-refractivity contribution in [2.24, 2.45) is 5.92 Å². The predicted octanol–water partition coefficient (Wildman–Crippen LogP) is 3.42. The summed E-state index contributed by atoms with van der Waals surface area (Å²) in [6.07, 6.45) is 11.5. The average molecular weight is 405 g/mol. The minimum Gasteiger partial charge on any atom is -0.353 e. The summed E-state index contributed by atoms with van der Waals surface area (Å²) < 4.78 is 28.0. The zero-order chi connectivity index (χ0) is 19.6. The quantitative estimate of drug-likeness (QED) is 0.836. The van der Waals surface area contributed by atoms with E-state index in [1.54, 1.807) is 6.07 Å². The first-order valence-corrected chi connectivity index (χ1v) is 12.4. The summed E-state index contributed by atoms with van der Waals surface area (Å²) in [7, 11) is -3.54. The number of sulfonamides is 1. The number of carbonyl (C=O) groups excluding carboxylic acids is 1. The van der Waals surface area contributed by atoms with Gasteiger partial charge in [-0.2, -0.15) is 4.31 Å². The monoisotopic (exact) mass is 404 g/mol. The topological polar surface area (TPSA) is 66.5 Å². The molecule has 1 saturated carbocycles. The highest BCUT2D eigenvalue weighted by Gasteiger charge is 2.34. The number of aryl methyl sites for hydroxylation is 2. The second kappa shape index (κ2) is 8.54. The molecule has 0 bridgehead atoms. The third-order valence-corrected chi connectivity index (χ3v) is 8.53. The predicted molar refractivity (Wildman–Crippen MR) is 110 cm³/mol. The molecule has 0 aromatic heterocycles. The molecule has 1 amide bonds. The summed E-state index contributed by atoms with van der Waals surface area (Å²) in [5, 5.41) is 3.18. The van der Waals surface area contributed by atoms with E-state index < -0.39 is 10.0 Å². The fourth-order valence-corrected chi connectivity index (χ4v) is 6.54. The van der Waals surface area contributed by atoms with Gasteiger partial charge in [-0.3, -0.25) is 4.79 Å². The van der Waals surface area contributed by atoms with Crippen LogP contribution in [0.2, 0.25) is 0 Å². The largest absolute Gasteiger partial charge is 0.353 e. The van der Waals surface area contributed by atoms with E-state index in [9.17, 15) is 13.2 Å². The van der Waals surface area contributed by atoms with Crippen LogP contribution in [0, 0.1) is 5.92 Å². The van der Waals surface area contributed by atoms with Gasteiger partial charge in [0.25, 0.3) is 0 Å². The normalized spacial score (nSPS) is 24.5. The Hall–Kier alpha value is -1.40. The lowest BCUT2D eigenvalue weighted by Crippen LogP contribution is -2.47. The van der Waals surface area contributed by atoms with Crippen molar-refractivity contribution in [3.8, 4) is 0 Å². The summed E-state index contributed by atoms with van der Waals surface area (Å²) in [6, 6.07) is 5.88. The molecule has 1 N–H and O–H groups in total. The summed E-state index contributed by atoms with van der Waals surface area (Å²) in [5.74, 6) is -0.194. The maximum Gasteiger partial charge on any atom is 0.243 e. The van der Waals surface area contributed by atoms with Gasteiger partial charge in [-0.15, -0.1) is 0 Å². The van der Waals surface area contributed by atoms with Crippen molar-refractivity contribution in [2.75, 3.05) is 13.1 Å². The molecule has 1 heterocycles. The van der Waals surface area contributed by atoms with Crippen molar-refractivity contribution < 1.29 is 13.2 Å². The Morgan fingerprint density at radius 3 is 2.46 bits per heavy atom. The smallest absolute Gasteiger partial charge is 0.243 e. The Labute approximate surface area is 168 Å². The number of nitrogens with zero attached hydrogens (tertiary/aromatic N) is 1. The summed E-state index contributed by atoms with van der Waals surface area (Å²) in [5.41, 5.74) is 2.46. The molecule has 28 heavy (non-hydrogen) atoms. The van der Waals surface area contributed by atoms with E-state index in [1.807, 2.05) is 12.1 Å². The van der Waals surface area contributed by atoms with E-state index in [4.69, 9.17) is 0 Å². The van der Waals surface area contributed by atoms with E-state index in [0.29, 0.717) is 18.0 Å². The highest BCUT2D eigenvalue weighted by atomic mass is 32.2. The van der Waals surface area contributed by atoms with Crippen LogP contribution in [0.4, 0.5) is 0 Å². The highest BCUT2D eigenvalue weighted by Crippen LogP contribution is 2.28. The number of fused-ring (bicyclic) bond motifs is 1. The van der Waals surface area contributed by atoms with Gasteiger partial charge < -0.3 is 5.32 Å². The molecular formula is C22H32N2O3S. The summed E-state index contributed by atoms with van der Waals surface area (Å²) >= 11 is 0. The molecule has 2 fully saturated rings. The fourth-order valence-electron chi connectivity index (χ4n) is 4.96. The van der Waals surface area contributed by atoms with Crippen LogP contribution in [0.15, 0.2) is 23.1 Å². The number of amides is 1. The minimum atomic E-state index is -3.54. The van der Waals surface area contributed by atoms with Crippen LogP contribution in [0.5, 0.6) is 0 Å². The van der Waals surface area contributed by atoms with Gasteiger partial charge in [0.2, 0.25) is 15.9 Å². The van der Waals surface area contributed by atoms with Crippen LogP contribution in [-0.4, -0.2) is 37.8 Å². The van der Waals surface area contributed by atoms with Crippen LogP contribution in [0.1, 0.15) is 68.9 Å². The Morgan fingerprint density at radius 2 is 1.68 bits per heavy atom. The second-order valence-corrected chi connectivity index (χ2v) is 10.6. The maximum absolute atomic E-state index is 13.2. The molecule has 5 nitrogen and oxygen atoms in total. The van der Waals surface area contributed by atoms with Crippen molar-refractivity contribution in [1.82, 2.24) is 9.62 Å². The maximum atomic E-state index is 13.2. The number of carbonyl (C=O) groups is 1. The SMILES string of the molecule is O=C(NC1CCCCC1)C1CCCN(S(=O)(=O)c2ccc3c(c2)CCCC3)C1. The summed E-state index contributed by atoms with van der Waals surface area (Å²) in [6.45, 7) is 0.810. The Balaban J connectivity index is 1.45. The molecular weight excluding hydrogens is 372 g/mol. The zero-order valence-electron chi connectivity index (χ0n) is 16.7. The van der Waals surface area contributed by atoms with Gasteiger partial charge in [0, 0.05) is 19.1 Å². The van der Waals surface area contributed by atoms with Crippen molar-refractivity contribution in [1.29, 1.82) is 0 Å². The van der Waals surface area contributed by atoms with Gasteiger partial charge in [-0.1, -0.05) is 25.3 Å². The lowest BCUT2D eigenvalue weighted by molar-refractivity contribution is -0.127. The molecule has 1 aromatic carbocycles. The van der Waals surface area contributed by atoms with Crippen LogP contribution in [0.25, 0.3) is 0 Å². The van der Waals surface area contributed by atoms with Gasteiger partial charge in [0.05, 0.1) is 10.8 Å². The van der Waals surface area contributed by atoms with E-state index >= 15 is 0 Å². The lowest BCUT2D eigenvalue weighted by Gasteiger charge is -2.33. The third-order valence-electron chi connectivity index (χ3n) is 6.66. The van der Waals surface area contributed by atoms with Crippen LogP contribution in [0.3, 0.4) is 0 Å². The second-order valence-electron chi connectivity index (χ2n) is 8.68. The Kier molecular flexibility index (Phi) is 6.07. The molecule has 3 aliphatic rings. The van der Waals surface area contributed by atoms with E-state index in [0.717, 1.165) is 44.9 Å². The molecule has 6 heteroatoms. The molecule has 1 aromatic rings. The number of piperidine rings is 1. The first kappa shape index (κ1) is 19.9. The molecule has 1 unspecified atom stereocenters. The molecule has 0 spiro atoms. The van der Waals surface area contributed by atoms with Crippen LogP contribution < -0.4 is 5.32 Å². The first-order chi connectivity index (χ1) is 13.5. The number of nitrogens with one attached hydrogen (secondary N) is 1. The van der Waals surface area contributed by atoms with Gasteiger partial charge in [0.15, 0.2) is 0 Å². The summed E-state index contributed by atoms with van der Waals surface area (Å²) in [4.78, 5) is 13.1. The molecule has 154 valence electrons.